The number of hydrogen-bond acceptors (Lipinski definition) is 5. The van der Waals surface area contributed by atoms with Crippen molar-refractivity contribution in [3.63, 3.8) is 0 Å². The number of pyridine rings is 1. The highest BCUT2D eigenvalue weighted by Gasteiger charge is 2.06. The van der Waals surface area contributed by atoms with Gasteiger partial charge < -0.3 is 5.32 Å². The predicted molar refractivity (Wildman–Crippen MR) is 63.8 cm³/mol. The molecule has 0 aromatic carbocycles. The molecule has 2 heterocycles. The molecule has 0 amide bonds. The quantitative estimate of drug-likeness (QED) is 0.861. The third-order valence-electron chi connectivity index (χ3n) is 2.00. The topological polar surface area (TPSA) is 61.6 Å². The van der Waals surface area contributed by atoms with Crippen LogP contribution in [0.15, 0.2) is 17.5 Å². The fraction of sp³-hybridized carbons (Fsp3) is 0.182. The second kappa shape index (κ2) is 4.29. The molecular weight excluding hydrogens is 220 g/mol. The number of nitrogens with zero attached hydrogens (tertiary/aromatic N) is 3. The Morgan fingerprint density at radius 3 is 2.69 bits per heavy atom. The van der Waals surface area contributed by atoms with Crippen molar-refractivity contribution in [2.75, 3.05) is 5.32 Å². The zero-order chi connectivity index (χ0) is 11.5. The Kier molecular flexibility index (Phi) is 2.84. The highest BCUT2D eigenvalue weighted by molar-refractivity contribution is 7.13. The fourth-order valence-corrected chi connectivity index (χ4v) is 1.94. The Hall–Kier alpha value is -1.93. The van der Waals surface area contributed by atoms with Crippen molar-refractivity contribution in [1.29, 1.82) is 5.26 Å². The molecule has 0 spiro atoms. The Morgan fingerprint density at radius 1 is 1.25 bits per heavy atom. The van der Waals surface area contributed by atoms with Crippen molar-refractivity contribution in [1.82, 2.24) is 9.97 Å². The van der Waals surface area contributed by atoms with Gasteiger partial charge in [0, 0.05) is 11.1 Å². The lowest BCUT2D eigenvalue weighted by molar-refractivity contribution is 1.17. The van der Waals surface area contributed by atoms with Gasteiger partial charge >= 0.3 is 0 Å². The Bertz CT molecular complexity index is 553. The maximum Gasteiger partial charge on any atom is 0.188 e. The minimum absolute atomic E-state index is 0.526. The lowest BCUT2D eigenvalue weighted by Gasteiger charge is -2.04. The first-order valence-electron chi connectivity index (χ1n) is 4.76. The van der Waals surface area contributed by atoms with Crippen LogP contribution in [0.5, 0.6) is 0 Å². The van der Waals surface area contributed by atoms with Gasteiger partial charge in [-0.25, -0.2) is 9.97 Å². The summed E-state index contributed by atoms with van der Waals surface area (Å²) in [5.41, 5.74) is 2.35. The first-order valence-corrected chi connectivity index (χ1v) is 5.64. The second-order valence-corrected chi connectivity index (χ2v) is 4.24. The molecular formula is C11H10N4S. The first-order chi connectivity index (χ1) is 7.69. The van der Waals surface area contributed by atoms with E-state index in [1.54, 1.807) is 6.07 Å². The molecule has 0 bridgehead atoms. The van der Waals surface area contributed by atoms with Crippen LogP contribution in [0, 0.1) is 25.2 Å². The molecule has 2 aromatic heterocycles. The summed E-state index contributed by atoms with van der Waals surface area (Å²) in [6, 6.07) is 5.67. The second-order valence-electron chi connectivity index (χ2n) is 3.38. The smallest absolute Gasteiger partial charge is 0.188 e. The van der Waals surface area contributed by atoms with E-state index in [9.17, 15) is 0 Å². The summed E-state index contributed by atoms with van der Waals surface area (Å²) in [7, 11) is 0. The van der Waals surface area contributed by atoms with Gasteiger partial charge in [0.05, 0.1) is 11.3 Å². The SMILES string of the molecule is Cc1csc(Nc2nc(C)ccc2C#N)n1. The normalized spacial score (nSPS) is 9.81. The summed E-state index contributed by atoms with van der Waals surface area (Å²) in [5, 5.41) is 14.7. The Morgan fingerprint density at radius 2 is 2.06 bits per heavy atom. The number of nitrogens with one attached hydrogen (secondary N) is 1. The van der Waals surface area contributed by atoms with Gasteiger partial charge in [-0.15, -0.1) is 11.3 Å². The molecule has 0 unspecified atom stereocenters. The summed E-state index contributed by atoms with van der Waals surface area (Å²) in [5.74, 6) is 0.567. The summed E-state index contributed by atoms with van der Waals surface area (Å²) in [6.07, 6.45) is 0. The maximum absolute atomic E-state index is 8.95. The van der Waals surface area contributed by atoms with E-state index in [0.29, 0.717) is 11.4 Å². The van der Waals surface area contributed by atoms with Crippen LogP contribution in [0.1, 0.15) is 17.0 Å². The van der Waals surface area contributed by atoms with Gasteiger partial charge in [0.2, 0.25) is 0 Å². The van der Waals surface area contributed by atoms with Crippen molar-refractivity contribution in [3.8, 4) is 6.07 Å². The van der Waals surface area contributed by atoms with Crippen molar-refractivity contribution >= 4 is 22.3 Å². The zero-order valence-corrected chi connectivity index (χ0v) is 9.80. The van der Waals surface area contributed by atoms with Gasteiger partial charge in [-0.1, -0.05) is 0 Å². The molecule has 4 nitrogen and oxygen atoms in total. The number of nitriles is 1. The van der Waals surface area contributed by atoms with Crippen molar-refractivity contribution in [3.05, 3.63) is 34.5 Å². The molecule has 16 heavy (non-hydrogen) atoms. The highest BCUT2D eigenvalue weighted by Crippen LogP contribution is 2.21. The van der Waals surface area contributed by atoms with Gasteiger partial charge in [0.25, 0.3) is 0 Å². The van der Waals surface area contributed by atoms with Crippen LogP contribution >= 0.6 is 11.3 Å². The van der Waals surface area contributed by atoms with Gasteiger partial charge in [0.15, 0.2) is 5.13 Å². The number of aromatic nitrogens is 2. The average molecular weight is 230 g/mol. The number of rotatable bonds is 2. The summed E-state index contributed by atoms with van der Waals surface area (Å²) >= 11 is 1.50. The zero-order valence-electron chi connectivity index (χ0n) is 8.98. The number of anilines is 2. The molecule has 2 aromatic rings. The molecule has 0 atom stereocenters. The van der Waals surface area contributed by atoms with Crippen LogP contribution in [-0.2, 0) is 0 Å². The molecule has 0 aliphatic carbocycles. The number of thiazole rings is 1. The molecule has 0 saturated carbocycles. The first kappa shape index (κ1) is 10.6. The average Bonchev–Trinajstić information content (AvgIpc) is 2.64. The number of aryl methyl sites for hydroxylation is 2. The maximum atomic E-state index is 8.95. The molecule has 0 aliphatic heterocycles. The summed E-state index contributed by atoms with van der Waals surface area (Å²) in [6.45, 7) is 3.82. The molecule has 0 saturated heterocycles. The largest absolute Gasteiger partial charge is 0.315 e. The fourth-order valence-electron chi connectivity index (χ4n) is 1.25. The van der Waals surface area contributed by atoms with Crippen LogP contribution < -0.4 is 5.32 Å². The molecule has 2 rings (SSSR count). The Balaban J connectivity index is 2.34. The molecule has 5 heteroatoms. The van der Waals surface area contributed by atoms with Gasteiger partial charge in [-0.3, -0.25) is 0 Å². The minimum Gasteiger partial charge on any atom is -0.315 e. The summed E-state index contributed by atoms with van der Waals surface area (Å²) < 4.78 is 0. The van der Waals surface area contributed by atoms with E-state index < -0.39 is 0 Å². The van der Waals surface area contributed by atoms with E-state index in [0.717, 1.165) is 16.5 Å². The van der Waals surface area contributed by atoms with Crippen LogP contribution in [0.4, 0.5) is 10.9 Å². The minimum atomic E-state index is 0.526. The monoisotopic (exact) mass is 230 g/mol. The molecule has 0 aliphatic rings. The molecule has 0 fully saturated rings. The van der Waals surface area contributed by atoms with E-state index in [2.05, 4.69) is 21.4 Å². The van der Waals surface area contributed by atoms with E-state index in [1.807, 2.05) is 25.3 Å². The molecule has 0 radical (unpaired) electrons. The summed E-state index contributed by atoms with van der Waals surface area (Å²) in [4.78, 5) is 8.55. The van der Waals surface area contributed by atoms with Crippen LogP contribution in [0.2, 0.25) is 0 Å². The van der Waals surface area contributed by atoms with Gasteiger partial charge in [0.1, 0.15) is 11.9 Å². The van der Waals surface area contributed by atoms with E-state index in [4.69, 9.17) is 5.26 Å². The third-order valence-corrected chi connectivity index (χ3v) is 2.87. The van der Waals surface area contributed by atoms with E-state index in [1.165, 1.54) is 11.3 Å². The van der Waals surface area contributed by atoms with E-state index in [-0.39, 0.29) is 0 Å². The number of hydrogen-bond donors (Lipinski definition) is 1. The molecule has 1 N–H and O–H groups in total. The highest BCUT2D eigenvalue weighted by atomic mass is 32.1. The molecule has 80 valence electrons. The van der Waals surface area contributed by atoms with Crippen LogP contribution in [0.25, 0.3) is 0 Å². The third kappa shape index (κ3) is 2.18. The van der Waals surface area contributed by atoms with E-state index >= 15 is 0 Å². The lowest BCUT2D eigenvalue weighted by atomic mass is 10.2. The van der Waals surface area contributed by atoms with Crippen molar-refractivity contribution in [2.24, 2.45) is 0 Å². The van der Waals surface area contributed by atoms with Crippen LogP contribution in [-0.4, -0.2) is 9.97 Å². The lowest BCUT2D eigenvalue weighted by Crippen LogP contribution is -1.97. The van der Waals surface area contributed by atoms with Gasteiger partial charge in [-0.2, -0.15) is 5.26 Å². The standard InChI is InChI=1S/C11H10N4S/c1-7-3-4-9(5-12)10(13-7)15-11-14-8(2)6-16-11/h3-4,6H,1-2H3,(H,13,14,15). The van der Waals surface area contributed by atoms with Crippen molar-refractivity contribution in [2.45, 2.75) is 13.8 Å². The van der Waals surface area contributed by atoms with Gasteiger partial charge in [-0.05, 0) is 26.0 Å². The predicted octanol–water partition coefficient (Wildman–Crippen LogP) is 2.77. The van der Waals surface area contributed by atoms with Crippen molar-refractivity contribution < 1.29 is 0 Å². The Labute approximate surface area is 97.6 Å². The van der Waals surface area contributed by atoms with Crippen LogP contribution in [0.3, 0.4) is 0 Å².